The van der Waals surface area contributed by atoms with E-state index in [1.54, 1.807) is 57.9 Å². The van der Waals surface area contributed by atoms with Crippen LogP contribution < -0.4 is 5.69 Å². The summed E-state index contributed by atoms with van der Waals surface area (Å²) in [5.41, 5.74) is 3.72. The first-order valence-electron chi connectivity index (χ1n) is 11.8. The number of aromatic nitrogens is 5. The molecule has 0 aliphatic heterocycles. The lowest BCUT2D eigenvalue weighted by molar-refractivity contribution is 0.0600. The van der Waals surface area contributed by atoms with Gasteiger partial charge in [0.1, 0.15) is 11.6 Å². The fourth-order valence-corrected chi connectivity index (χ4v) is 4.53. The maximum Gasteiger partial charge on any atom is 0.337 e. The zero-order valence-corrected chi connectivity index (χ0v) is 20.2. The molecule has 188 valence electrons. The molecule has 10 heteroatoms. The lowest BCUT2D eigenvalue weighted by Crippen LogP contribution is -2.26. The van der Waals surface area contributed by atoms with Crippen LogP contribution in [0, 0.1) is 11.2 Å². The standard InChI is InChI=1S/C27H25FN6O3/c1-37-26(35)19-6-4-18(5-7-19)16-33-24-15-30-12-10-23(24)34(27(33)36)17-25-31-21-14-20(28)8-9-22(21)32(25)13-3-2-11-29/h4-12,14-15,29H,2-3,13,16-17H2,1H3. The molecule has 37 heavy (non-hydrogen) atoms. The van der Waals surface area contributed by atoms with Crippen molar-refractivity contribution in [2.24, 2.45) is 0 Å². The minimum Gasteiger partial charge on any atom is -0.465 e. The van der Waals surface area contributed by atoms with Gasteiger partial charge in [-0.2, -0.15) is 0 Å². The van der Waals surface area contributed by atoms with Crippen LogP contribution >= 0.6 is 0 Å². The number of aryl methyl sites for hydroxylation is 1. The number of nitrogens with zero attached hydrogens (tertiary/aromatic N) is 5. The minimum atomic E-state index is -0.423. The molecule has 3 aromatic heterocycles. The highest BCUT2D eigenvalue weighted by atomic mass is 19.1. The lowest BCUT2D eigenvalue weighted by Gasteiger charge is -2.09. The Balaban J connectivity index is 1.55. The lowest BCUT2D eigenvalue weighted by atomic mass is 10.1. The smallest absolute Gasteiger partial charge is 0.337 e. The number of halogens is 1. The molecular weight excluding hydrogens is 475 g/mol. The number of benzene rings is 2. The van der Waals surface area contributed by atoms with E-state index in [-0.39, 0.29) is 24.6 Å². The molecule has 3 heterocycles. The van der Waals surface area contributed by atoms with Crippen LogP contribution in [0.25, 0.3) is 22.1 Å². The molecule has 0 unspecified atom stereocenters. The zero-order valence-electron chi connectivity index (χ0n) is 20.2. The largest absolute Gasteiger partial charge is 0.465 e. The highest BCUT2D eigenvalue weighted by Gasteiger charge is 2.18. The molecule has 0 radical (unpaired) electrons. The van der Waals surface area contributed by atoms with Crippen LogP contribution in [-0.4, -0.2) is 43.0 Å². The van der Waals surface area contributed by atoms with Gasteiger partial charge in [0, 0.05) is 18.8 Å². The summed E-state index contributed by atoms with van der Waals surface area (Å²) in [5.74, 6) is -0.167. The van der Waals surface area contributed by atoms with Crippen molar-refractivity contribution in [2.75, 3.05) is 7.11 Å². The average Bonchev–Trinajstić information content (AvgIpc) is 3.38. The molecular formula is C27H25FN6O3. The highest BCUT2D eigenvalue weighted by Crippen LogP contribution is 2.21. The van der Waals surface area contributed by atoms with Gasteiger partial charge in [-0.05, 0) is 55.0 Å². The van der Waals surface area contributed by atoms with E-state index in [0.717, 1.165) is 17.5 Å². The Hall–Kier alpha value is -4.60. The van der Waals surface area contributed by atoms with Crippen LogP contribution in [0.15, 0.2) is 65.7 Å². The number of fused-ring (bicyclic) bond motifs is 2. The number of imidazole rings is 2. The van der Waals surface area contributed by atoms with Gasteiger partial charge < -0.3 is 14.7 Å². The van der Waals surface area contributed by atoms with Crippen LogP contribution in [0.5, 0.6) is 0 Å². The van der Waals surface area contributed by atoms with E-state index < -0.39 is 5.97 Å². The summed E-state index contributed by atoms with van der Waals surface area (Å²) < 4.78 is 23.9. The zero-order chi connectivity index (χ0) is 25.9. The number of pyridine rings is 1. The van der Waals surface area contributed by atoms with Crippen LogP contribution in [-0.2, 0) is 24.4 Å². The third kappa shape index (κ3) is 4.65. The third-order valence-electron chi connectivity index (χ3n) is 6.36. The predicted molar refractivity (Wildman–Crippen MR) is 138 cm³/mol. The van der Waals surface area contributed by atoms with E-state index in [9.17, 15) is 14.0 Å². The van der Waals surface area contributed by atoms with Gasteiger partial charge in [-0.3, -0.25) is 14.1 Å². The average molecular weight is 501 g/mol. The van der Waals surface area contributed by atoms with Gasteiger partial charge in [0.05, 0.1) is 54.0 Å². The molecule has 0 atom stereocenters. The molecule has 0 amide bonds. The van der Waals surface area contributed by atoms with E-state index >= 15 is 0 Å². The molecule has 5 rings (SSSR count). The molecule has 0 bridgehead atoms. The Labute approximate surface area is 211 Å². The van der Waals surface area contributed by atoms with Crippen molar-refractivity contribution >= 4 is 34.3 Å². The second-order valence-electron chi connectivity index (χ2n) is 8.67. The Morgan fingerprint density at radius 2 is 1.81 bits per heavy atom. The van der Waals surface area contributed by atoms with Gasteiger partial charge in [-0.15, -0.1) is 0 Å². The molecule has 0 aliphatic rings. The van der Waals surface area contributed by atoms with Crippen molar-refractivity contribution < 1.29 is 13.9 Å². The normalized spacial score (nSPS) is 11.3. The number of methoxy groups -OCH3 is 1. The number of rotatable bonds is 9. The fraction of sp³-hybridized carbons (Fsp3) is 0.222. The molecule has 0 saturated carbocycles. The summed E-state index contributed by atoms with van der Waals surface area (Å²) in [6, 6.07) is 13.2. The molecule has 0 aliphatic carbocycles. The van der Waals surface area contributed by atoms with E-state index in [1.807, 2.05) is 4.57 Å². The Bertz CT molecular complexity index is 1670. The van der Waals surface area contributed by atoms with E-state index in [2.05, 4.69) is 9.97 Å². The molecule has 5 aromatic rings. The molecule has 0 fully saturated rings. The van der Waals surface area contributed by atoms with Crippen molar-refractivity contribution in [3.8, 4) is 0 Å². The predicted octanol–water partition coefficient (Wildman–Crippen LogP) is 4.00. The molecule has 2 aromatic carbocycles. The van der Waals surface area contributed by atoms with Crippen molar-refractivity contribution in [1.29, 1.82) is 5.41 Å². The van der Waals surface area contributed by atoms with Crippen molar-refractivity contribution in [1.82, 2.24) is 23.7 Å². The molecule has 0 saturated heterocycles. The Kier molecular flexibility index (Phi) is 6.63. The quantitative estimate of drug-likeness (QED) is 0.187. The Morgan fingerprint density at radius 3 is 2.57 bits per heavy atom. The van der Waals surface area contributed by atoms with Crippen molar-refractivity contribution in [2.45, 2.75) is 32.5 Å². The van der Waals surface area contributed by atoms with Crippen LogP contribution in [0.3, 0.4) is 0 Å². The van der Waals surface area contributed by atoms with Gasteiger partial charge in [0.25, 0.3) is 0 Å². The van der Waals surface area contributed by atoms with Gasteiger partial charge in [0.15, 0.2) is 0 Å². The highest BCUT2D eigenvalue weighted by molar-refractivity contribution is 5.89. The molecule has 1 N–H and O–H groups in total. The minimum absolute atomic E-state index is 0.189. The van der Waals surface area contributed by atoms with Crippen LogP contribution in [0.2, 0.25) is 0 Å². The fourth-order valence-electron chi connectivity index (χ4n) is 4.53. The second kappa shape index (κ2) is 10.2. The second-order valence-corrected chi connectivity index (χ2v) is 8.67. The van der Waals surface area contributed by atoms with Gasteiger partial charge in [-0.1, -0.05) is 12.1 Å². The SMILES string of the molecule is COC(=O)c1ccc(Cn2c(=O)n(Cc3nc4cc(F)ccc4n3CCCC=N)c3ccncc32)cc1. The monoisotopic (exact) mass is 500 g/mol. The first-order valence-corrected chi connectivity index (χ1v) is 11.8. The number of hydrogen-bond donors (Lipinski definition) is 1. The number of esters is 1. The van der Waals surface area contributed by atoms with Gasteiger partial charge in [0.2, 0.25) is 0 Å². The Morgan fingerprint density at radius 1 is 1.03 bits per heavy atom. The maximum atomic E-state index is 13.9. The van der Waals surface area contributed by atoms with Gasteiger partial charge in [-0.25, -0.2) is 19.0 Å². The number of unbranched alkanes of at least 4 members (excludes halogenated alkanes) is 1. The van der Waals surface area contributed by atoms with Crippen molar-refractivity contribution in [3.63, 3.8) is 0 Å². The topological polar surface area (TPSA) is 108 Å². The van der Waals surface area contributed by atoms with Crippen LogP contribution in [0.1, 0.15) is 34.6 Å². The first-order chi connectivity index (χ1) is 18.0. The van der Waals surface area contributed by atoms with E-state index in [4.69, 9.17) is 10.1 Å². The number of hydrogen-bond acceptors (Lipinski definition) is 6. The summed E-state index contributed by atoms with van der Waals surface area (Å²) in [6.45, 7) is 1.07. The summed E-state index contributed by atoms with van der Waals surface area (Å²) >= 11 is 0. The van der Waals surface area contributed by atoms with Crippen LogP contribution in [0.4, 0.5) is 4.39 Å². The first kappa shape index (κ1) is 24.1. The number of carbonyl (C=O) groups excluding carboxylic acids is 1. The van der Waals surface area contributed by atoms with E-state index in [1.165, 1.54) is 25.5 Å². The van der Waals surface area contributed by atoms with E-state index in [0.29, 0.717) is 40.9 Å². The molecule has 9 nitrogen and oxygen atoms in total. The number of ether oxygens (including phenoxy) is 1. The number of carbonyl (C=O) groups is 1. The van der Waals surface area contributed by atoms with Gasteiger partial charge >= 0.3 is 11.7 Å². The summed E-state index contributed by atoms with van der Waals surface area (Å²) in [5, 5.41) is 7.33. The number of nitrogens with one attached hydrogen (secondary N) is 1. The summed E-state index contributed by atoms with van der Waals surface area (Å²) in [6.07, 6.45) is 5.98. The maximum absolute atomic E-state index is 13.9. The summed E-state index contributed by atoms with van der Waals surface area (Å²) in [4.78, 5) is 34.3. The third-order valence-corrected chi connectivity index (χ3v) is 6.36. The van der Waals surface area contributed by atoms with Crippen molar-refractivity contribution in [3.05, 3.63) is 94.2 Å². The molecule has 0 spiro atoms. The summed E-state index contributed by atoms with van der Waals surface area (Å²) in [7, 11) is 1.33.